The lowest BCUT2D eigenvalue weighted by Gasteiger charge is -2.30. The van der Waals surface area contributed by atoms with Crippen molar-refractivity contribution in [3.63, 3.8) is 0 Å². The van der Waals surface area contributed by atoms with Gasteiger partial charge in [-0.15, -0.1) is 0 Å². The van der Waals surface area contributed by atoms with Crippen LogP contribution in [-0.2, 0) is 14.3 Å². The molecule has 5 nitrogen and oxygen atoms in total. The molecule has 0 aromatic heterocycles. The summed E-state index contributed by atoms with van der Waals surface area (Å²) < 4.78 is 5.21. The third-order valence-electron chi connectivity index (χ3n) is 3.24. The van der Waals surface area contributed by atoms with Crippen molar-refractivity contribution in [3.8, 4) is 0 Å². The van der Waals surface area contributed by atoms with Crippen LogP contribution in [0.4, 0.5) is 5.69 Å². The lowest BCUT2D eigenvalue weighted by Crippen LogP contribution is -2.47. The van der Waals surface area contributed by atoms with Crippen LogP contribution in [0.15, 0.2) is 18.2 Å². The highest BCUT2D eigenvalue weighted by atomic mass is 35.5. The lowest BCUT2D eigenvalue weighted by atomic mass is 10.2. The molecule has 1 aliphatic rings. The van der Waals surface area contributed by atoms with Gasteiger partial charge in [0.05, 0.1) is 28.9 Å². The van der Waals surface area contributed by atoms with Gasteiger partial charge in [0.15, 0.2) is 0 Å². The molecule has 1 fully saturated rings. The summed E-state index contributed by atoms with van der Waals surface area (Å²) in [6.45, 7) is 3.38. The molecule has 0 N–H and O–H groups in total. The molecule has 2 rings (SSSR count). The SMILES string of the molecule is CC(=O)N(CC(=O)N1CCOCC1)c1c(Cl)cccc1Cl. The number of amides is 2. The molecule has 21 heavy (non-hydrogen) atoms. The monoisotopic (exact) mass is 330 g/mol. The Labute approximate surface area is 133 Å². The van der Waals surface area contributed by atoms with Gasteiger partial charge in [-0.25, -0.2) is 0 Å². The number of para-hydroxylation sites is 1. The van der Waals surface area contributed by atoms with Gasteiger partial charge >= 0.3 is 0 Å². The normalized spacial score (nSPS) is 14.9. The number of benzene rings is 1. The zero-order valence-electron chi connectivity index (χ0n) is 11.6. The fraction of sp³-hybridized carbons (Fsp3) is 0.429. The van der Waals surface area contributed by atoms with E-state index in [0.29, 0.717) is 42.0 Å². The fourth-order valence-electron chi connectivity index (χ4n) is 2.14. The quantitative estimate of drug-likeness (QED) is 0.853. The molecule has 2 amide bonds. The van der Waals surface area contributed by atoms with E-state index in [4.69, 9.17) is 27.9 Å². The molecule has 0 radical (unpaired) electrons. The second-order valence-corrected chi connectivity index (χ2v) is 5.48. The highest BCUT2D eigenvalue weighted by Gasteiger charge is 2.24. The van der Waals surface area contributed by atoms with E-state index in [0.717, 1.165) is 0 Å². The van der Waals surface area contributed by atoms with Crippen LogP contribution in [0, 0.1) is 0 Å². The van der Waals surface area contributed by atoms with Crippen LogP contribution in [-0.4, -0.2) is 49.6 Å². The Morgan fingerprint density at radius 3 is 2.33 bits per heavy atom. The average Bonchev–Trinajstić information content (AvgIpc) is 2.46. The fourth-order valence-corrected chi connectivity index (χ4v) is 2.74. The molecule has 1 saturated heterocycles. The van der Waals surface area contributed by atoms with Crippen molar-refractivity contribution in [1.29, 1.82) is 0 Å². The van der Waals surface area contributed by atoms with E-state index >= 15 is 0 Å². The predicted molar refractivity (Wildman–Crippen MR) is 81.9 cm³/mol. The second kappa shape index (κ2) is 7.11. The number of nitrogens with zero attached hydrogens (tertiary/aromatic N) is 2. The summed E-state index contributed by atoms with van der Waals surface area (Å²) in [6.07, 6.45) is 0. The Balaban J connectivity index is 2.20. The van der Waals surface area contributed by atoms with Crippen LogP contribution in [0.2, 0.25) is 10.0 Å². The van der Waals surface area contributed by atoms with Gasteiger partial charge in [-0.1, -0.05) is 29.3 Å². The van der Waals surface area contributed by atoms with Gasteiger partial charge in [0.2, 0.25) is 11.8 Å². The molecule has 114 valence electrons. The molecule has 7 heteroatoms. The Kier molecular flexibility index (Phi) is 5.45. The first-order chi connectivity index (χ1) is 10.0. The molecule has 0 aliphatic carbocycles. The van der Waals surface area contributed by atoms with Crippen molar-refractivity contribution in [3.05, 3.63) is 28.2 Å². The van der Waals surface area contributed by atoms with Crippen LogP contribution in [0.1, 0.15) is 6.92 Å². The van der Waals surface area contributed by atoms with Crippen molar-refractivity contribution >= 4 is 40.7 Å². The third-order valence-corrected chi connectivity index (χ3v) is 3.85. The minimum absolute atomic E-state index is 0.0845. The second-order valence-electron chi connectivity index (χ2n) is 4.67. The molecule has 0 atom stereocenters. The topological polar surface area (TPSA) is 49.9 Å². The largest absolute Gasteiger partial charge is 0.378 e. The van der Waals surface area contributed by atoms with E-state index in [1.807, 2.05) is 0 Å². The molecule has 1 aromatic rings. The summed E-state index contributed by atoms with van der Waals surface area (Å²) in [5, 5.41) is 0.681. The standard InChI is InChI=1S/C14H16Cl2N2O3/c1-10(19)18(14-11(15)3-2-4-12(14)16)9-13(20)17-5-7-21-8-6-17/h2-4H,5-9H2,1H3. The van der Waals surface area contributed by atoms with Crippen molar-refractivity contribution in [2.24, 2.45) is 0 Å². The van der Waals surface area contributed by atoms with Crippen LogP contribution < -0.4 is 4.90 Å². The zero-order chi connectivity index (χ0) is 15.4. The molecular formula is C14H16Cl2N2O3. The smallest absolute Gasteiger partial charge is 0.242 e. The van der Waals surface area contributed by atoms with E-state index in [2.05, 4.69) is 0 Å². The van der Waals surface area contributed by atoms with Crippen molar-refractivity contribution < 1.29 is 14.3 Å². The first-order valence-electron chi connectivity index (χ1n) is 6.58. The maximum Gasteiger partial charge on any atom is 0.242 e. The number of halogens is 2. The Morgan fingerprint density at radius 1 is 1.24 bits per heavy atom. The van der Waals surface area contributed by atoms with Gasteiger partial charge in [0.25, 0.3) is 0 Å². The number of ether oxygens (including phenoxy) is 1. The highest BCUT2D eigenvalue weighted by Crippen LogP contribution is 2.33. The summed E-state index contributed by atoms with van der Waals surface area (Å²) in [5.41, 5.74) is 0.370. The predicted octanol–water partition coefficient (Wildman–Crippen LogP) is 2.21. The zero-order valence-corrected chi connectivity index (χ0v) is 13.2. The Morgan fingerprint density at radius 2 is 1.81 bits per heavy atom. The van der Waals surface area contributed by atoms with Gasteiger partial charge in [-0.3, -0.25) is 9.59 Å². The maximum absolute atomic E-state index is 12.3. The summed E-state index contributed by atoms with van der Waals surface area (Å²) in [5.74, 6) is -0.434. The first kappa shape index (κ1) is 16.1. The highest BCUT2D eigenvalue weighted by molar-refractivity contribution is 6.40. The molecule has 0 spiro atoms. The van der Waals surface area contributed by atoms with Crippen LogP contribution in [0.25, 0.3) is 0 Å². The van der Waals surface area contributed by atoms with Crippen molar-refractivity contribution in [2.75, 3.05) is 37.7 Å². The molecular weight excluding hydrogens is 315 g/mol. The first-order valence-corrected chi connectivity index (χ1v) is 7.34. The van der Waals surface area contributed by atoms with Crippen LogP contribution in [0.3, 0.4) is 0 Å². The summed E-state index contributed by atoms with van der Waals surface area (Å²) in [4.78, 5) is 27.2. The van der Waals surface area contributed by atoms with Gasteiger partial charge in [0.1, 0.15) is 6.54 Å². The number of hydrogen-bond acceptors (Lipinski definition) is 3. The number of rotatable bonds is 3. The molecule has 1 aliphatic heterocycles. The Bertz CT molecular complexity index is 525. The number of morpholine rings is 1. The minimum atomic E-state index is -0.286. The van der Waals surface area contributed by atoms with Gasteiger partial charge in [-0.2, -0.15) is 0 Å². The van der Waals surface area contributed by atoms with E-state index in [1.54, 1.807) is 23.1 Å². The van der Waals surface area contributed by atoms with Gasteiger partial charge in [0, 0.05) is 20.0 Å². The number of carbonyl (C=O) groups is 2. The molecule has 1 heterocycles. The van der Waals surface area contributed by atoms with Crippen LogP contribution in [0.5, 0.6) is 0 Å². The summed E-state index contributed by atoms with van der Waals surface area (Å²) in [7, 11) is 0. The minimum Gasteiger partial charge on any atom is -0.378 e. The van der Waals surface area contributed by atoms with Crippen molar-refractivity contribution in [1.82, 2.24) is 4.90 Å². The van der Waals surface area contributed by atoms with Crippen molar-refractivity contribution in [2.45, 2.75) is 6.92 Å². The third kappa shape index (κ3) is 3.87. The van der Waals surface area contributed by atoms with E-state index < -0.39 is 0 Å². The number of hydrogen-bond donors (Lipinski definition) is 0. The molecule has 0 bridgehead atoms. The van der Waals surface area contributed by atoms with Crippen LogP contribution >= 0.6 is 23.2 Å². The summed E-state index contributed by atoms with van der Waals surface area (Å²) in [6, 6.07) is 4.96. The number of carbonyl (C=O) groups excluding carboxylic acids is 2. The van der Waals surface area contributed by atoms with E-state index in [-0.39, 0.29) is 18.4 Å². The van der Waals surface area contributed by atoms with Gasteiger partial charge in [-0.05, 0) is 12.1 Å². The van der Waals surface area contributed by atoms with Gasteiger partial charge < -0.3 is 14.5 Å². The molecule has 0 unspecified atom stereocenters. The molecule has 0 saturated carbocycles. The summed E-state index contributed by atoms with van der Waals surface area (Å²) >= 11 is 12.2. The van der Waals surface area contributed by atoms with E-state index in [9.17, 15) is 9.59 Å². The lowest BCUT2D eigenvalue weighted by molar-refractivity contribution is -0.134. The maximum atomic E-state index is 12.3. The number of anilines is 1. The molecule has 1 aromatic carbocycles. The van der Waals surface area contributed by atoms with E-state index in [1.165, 1.54) is 11.8 Å². The Hall–Kier alpha value is -1.30. The average molecular weight is 331 g/mol.